The molecule has 0 heterocycles. The summed E-state index contributed by atoms with van der Waals surface area (Å²) in [5, 5.41) is 9.17. The molecule has 0 spiro atoms. The Morgan fingerprint density at radius 2 is 2.00 bits per heavy atom. The Morgan fingerprint density at radius 1 is 1.41 bits per heavy atom. The van der Waals surface area contributed by atoms with Gasteiger partial charge in [0.1, 0.15) is 5.75 Å². The minimum absolute atomic E-state index is 0.0479. The number of hydrogen-bond donors (Lipinski definition) is 1. The molecule has 0 saturated heterocycles. The maximum atomic E-state index is 12.0. The molecule has 94 valence electrons. The molecule has 1 atom stereocenters. The van der Waals surface area contributed by atoms with E-state index in [0.29, 0.717) is 18.5 Å². The van der Waals surface area contributed by atoms with Gasteiger partial charge in [-0.2, -0.15) is 0 Å². The lowest BCUT2D eigenvalue weighted by Gasteiger charge is -2.18. The predicted molar refractivity (Wildman–Crippen MR) is 66.3 cm³/mol. The first-order chi connectivity index (χ1) is 8.04. The Bertz CT molecular complexity index is 359. The highest BCUT2D eigenvalue weighted by Crippen LogP contribution is 2.12. The SMILES string of the molecule is COc1ccc(C(=O)N(C)CCC(C)O)cc1. The van der Waals surface area contributed by atoms with E-state index < -0.39 is 0 Å². The molecule has 1 amide bonds. The van der Waals surface area contributed by atoms with Crippen molar-refractivity contribution in [2.75, 3.05) is 20.7 Å². The summed E-state index contributed by atoms with van der Waals surface area (Å²) >= 11 is 0. The Hall–Kier alpha value is -1.55. The van der Waals surface area contributed by atoms with Crippen LogP contribution in [0.4, 0.5) is 0 Å². The first-order valence-corrected chi connectivity index (χ1v) is 5.62. The van der Waals surface area contributed by atoms with Crippen LogP contribution in [0, 0.1) is 0 Å². The molecule has 0 fully saturated rings. The van der Waals surface area contributed by atoms with E-state index in [9.17, 15) is 4.79 Å². The van der Waals surface area contributed by atoms with Gasteiger partial charge in [0.25, 0.3) is 5.91 Å². The van der Waals surface area contributed by atoms with Crippen molar-refractivity contribution in [3.63, 3.8) is 0 Å². The van der Waals surface area contributed by atoms with Crippen LogP contribution in [0.25, 0.3) is 0 Å². The lowest BCUT2D eigenvalue weighted by Crippen LogP contribution is -2.29. The quantitative estimate of drug-likeness (QED) is 0.845. The Balaban J connectivity index is 2.61. The van der Waals surface area contributed by atoms with Gasteiger partial charge in [-0.1, -0.05) is 0 Å². The molecule has 1 unspecified atom stereocenters. The van der Waals surface area contributed by atoms with E-state index in [4.69, 9.17) is 9.84 Å². The molecule has 1 aromatic carbocycles. The van der Waals surface area contributed by atoms with Crippen molar-refractivity contribution in [1.29, 1.82) is 0 Å². The van der Waals surface area contributed by atoms with Gasteiger partial charge in [-0.05, 0) is 37.6 Å². The van der Waals surface area contributed by atoms with Crippen LogP contribution in [-0.4, -0.2) is 42.7 Å². The number of amides is 1. The van der Waals surface area contributed by atoms with Gasteiger partial charge in [0.05, 0.1) is 13.2 Å². The van der Waals surface area contributed by atoms with Crippen LogP contribution >= 0.6 is 0 Å². The molecule has 0 aliphatic carbocycles. The summed E-state index contributed by atoms with van der Waals surface area (Å²) in [5.41, 5.74) is 0.624. The average Bonchev–Trinajstić information content (AvgIpc) is 2.35. The van der Waals surface area contributed by atoms with Crippen molar-refractivity contribution < 1.29 is 14.6 Å². The van der Waals surface area contributed by atoms with E-state index in [1.54, 1.807) is 50.2 Å². The molecule has 0 bridgehead atoms. The Kier molecular flexibility index (Phi) is 4.97. The van der Waals surface area contributed by atoms with Crippen molar-refractivity contribution >= 4 is 5.91 Å². The molecule has 0 aliphatic heterocycles. The number of aliphatic hydroxyl groups excluding tert-OH is 1. The van der Waals surface area contributed by atoms with Crippen molar-refractivity contribution in [3.05, 3.63) is 29.8 Å². The summed E-state index contributed by atoms with van der Waals surface area (Å²) in [7, 11) is 3.32. The van der Waals surface area contributed by atoms with Gasteiger partial charge in [-0.3, -0.25) is 4.79 Å². The fraction of sp³-hybridized carbons (Fsp3) is 0.462. The number of hydrogen-bond acceptors (Lipinski definition) is 3. The van der Waals surface area contributed by atoms with Gasteiger partial charge in [0.2, 0.25) is 0 Å². The Morgan fingerprint density at radius 3 is 2.47 bits per heavy atom. The molecule has 0 aromatic heterocycles. The van der Waals surface area contributed by atoms with Gasteiger partial charge in [0.15, 0.2) is 0 Å². The van der Waals surface area contributed by atoms with Crippen LogP contribution in [-0.2, 0) is 0 Å². The molecule has 0 aliphatic rings. The van der Waals surface area contributed by atoms with Gasteiger partial charge >= 0.3 is 0 Å². The number of nitrogens with zero attached hydrogens (tertiary/aromatic N) is 1. The molecule has 17 heavy (non-hydrogen) atoms. The zero-order valence-electron chi connectivity index (χ0n) is 10.5. The number of carbonyl (C=O) groups is 1. The molecular weight excluding hydrogens is 218 g/mol. The number of methoxy groups -OCH3 is 1. The van der Waals surface area contributed by atoms with E-state index in [1.807, 2.05) is 0 Å². The third-order valence-electron chi connectivity index (χ3n) is 2.57. The minimum atomic E-state index is -0.388. The lowest BCUT2D eigenvalue weighted by molar-refractivity contribution is 0.0769. The molecule has 0 saturated carbocycles. The molecule has 1 rings (SSSR count). The average molecular weight is 237 g/mol. The first-order valence-electron chi connectivity index (χ1n) is 5.62. The molecule has 4 nitrogen and oxygen atoms in total. The number of benzene rings is 1. The Labute approximate surface area is 102 Å². The van der Waals surface area contributed by atoms with E-state index >= 15 is 0 Å². The normalized spacial score (nSPS) is 12.0. The standard InChI is InChI=1S/C13H19NO3/c1-10(15)8-9-14(2)13(16)11-4-6-12(17-3)7-5-11/h4-7,10,15H,8-9H2,1-3H3. The van der Waals surface area contributed by atoms with E-state index in [2.05, 4.69) is 0 Å². The zero-order valence-corrected chi connectivity index (χ0v) is 10.5. The molecule has 4 heteroatoms. The third-order valence-corrected chi connectivity index (χ3v) is 2.57. The van der Waals surface area contributed by atoms with Crippen molar-refractivity contribution in [3.8, 4) is 5.75 Å². The highest BCUT2D eigenvalue weighted by molar-refractivity contribution is 5.94. The van der Waals surface area contributed by atoms with Crippen molar-refractivity contribution in [1.82, 2.24) is 4.90 Å². The highest BCUT2D eigenvalue weighted by atomic mass is 16.5. The second-order valence-electron chi connectivity index (χ2n) is 4.09. The number of ether oxygens (including phenoxy) is 1. The summed E-state index contributed by atoms with van der Waals surface area (Å²) < 4.78 is 5.03. The summed E-state index contributed by atoms with van der Waals surface area (Å²) in [6, 6.07) is 6.99. The smallest absolute Gasteiger partial charge is 0.253 e. The van der Waals surface area contributed by atoms with Crippen LogP contribution in [0.1, 0.15) is 23.7 Å². The fourth-order valence-corrected chi connectivity index (χ4v) is 1.44. The number of carbonyl (C=O) groups excluding carboxylic acids is 1. The molecule has 1 N–H and O–H groups in total. The second-order valence-corrected chi connectivity index (χ2v) is 4.09. The van der Waals surface area contributed by atoms with Gasteiger partial charge in [0, 0.05) is 19.2 Å². The maximum absolute atomic E-state index is 12.0. The van der Waals surface area contributed by atoms with E-state index in [-0.39, 0.29) is 12.0 Å². The zero-order chi connectivity index (χ0) is 12.8. The number of rotatable bonds is 5. The summed E-state index contributed by atoms with van der Waals surface area (Å²) in [5.74, 6) is 0.682. The van der Waals surface area contributed by atoms with Gasteiger partial charge < -0.3 is 14.7 Å². The first kappa shape index (κ1) is 13.5. The van der Waals surface area contributed by atoms with Crippen molar-refractivity contribution in [2.24, 2.45) is 0 Å². The molecule has 0 radical (unpaired) electrons. The lowest BCUT2D eigenvalue weighted by atomic mass is 10.2. The van der Waals surface area contributed by atoms with Crippen LogP contribution in [0.2, 0.25) is 0 Å². The second kappa shape index (κ2) is 6.25. The molecular formula is C13H19NO3. The summed E-state index contributed by atoms with van der Waals surface area (Å²) in [6.07, 6.45) is 0.194. The highest BCUT2D eigenvalue weighted by Gasteiger charge is 2.11. The summed E-state index contributed by atoms with van der Waals surface area (Å²) in [4.78, 5) is 13.6. The van der Waals surface area contributed by atoms with E-state index in [1.165, 1.54) is 0 Å². The predicted octanol–water partition coefficient (Wildman–Crippen LogP) is 1.54. The summed E-state index contributed by atoms with van der Waals surface area (Å²) in [6.45, 7) is 2.26. The third kappa shape index (κ3) is 4.07. The van der Waals surface area contributed by atoms with Crippen molar-refractivity contribution in [2.45, 2.75) is 19.4 Å². The monoisotopic (exact) mass is 237 g/mol. The maximum Gasteiger partial charge on any atom is 0.253 e. The minimum Gasteiger partial charge on any atom is -0.497 e. The van der Waals surface area contributed by atoms with Crippen LogP contribution < -0.4 is 4.74 Å². The largest absolute Gasteiger partial charge is 0.497 e. The van der Waals surface area contributed by atoms with Crippen LogP contribution in [0.5, 0.6) is 5.75 Å². The van der Waals surface area contributed by atoms with E-state index in [0.717, 1.165) is 5.75 Å². The van der Waals surface area contributed by atoms with Crippen LogP contribution in [0.3, 0.4) is 0 Å². The van der Waals surface area contributed by atoms with Crippen LogP contribution in [0.15, 0.2) is 24.3 Å². The van der Waals surface area contributed by atoms with Gasteiger partial charge in [-0.25, -0.2) is 0 Å². The van der Waals surface area contributed by atoms with Gasteiger partial charge in [-0.15, -0.1) is 0 Å². The number of aliphatic hydroxyl groups is 1. The fourth-order valence-electron chi connectivity index (χ4n) is 1.44. The molecule has 1 aromatic rings. The topological polar surface area (TPSA) is 49.8 Å².